The van der Waals surface area contributed by atoms with E-state index >= 15 is 0 Å². The van der Waals surface area contributed by atoms with Crippen molar-refractivity contribution in [2.24, 2.45) is 0 Å². The summed E-state index contributed by atoms with van der Waals surface area (Å²) in [6.07, 6.45) is 11.3. The molecule has 0 unspecified atom stereocenters. The minimum Gasteiger partial charge on any atom is -0.0912 e. The quantitative estimate of drug-likeness (QED) is 0.388. The second-order valence-electron chi connectivity index (χ2n) is 5.79. The predicted octanol–water partition coefficient (Wildman–Crippen LogP) is 7.67. The second kappa shape index (κ2) is 13.8. The van der Waals surface area contributed by atoms with Gasteiger partial charge in [0.15, 0.2) is 0 Å². The largest absolute Gasteiger partial charge is 0.0912 e. The number of hydrogen-bond acceptors (Lipinski definition) is 0. The van der Waals surface area contributed by atoms with Gasteiger partial charge in [-0.05, 0) is 56.8 Å². The Labute approximate surface area is 144 Å². The van der Waals surface area contributed by atoms with E-state index in [1.54, 1.807) is 0 Å². The first kappa shape index (κ1) is 21.2. The van der Waals surface area contributed by atoms with Gasteiger partial charge in [0.05, 0.1) is 0 Å². The third-order valence-electron chi connectivity index (χ3n) is 3.63. The molecule has 0 bridgehead atoms. The number of benzene rings is 1. The highest BCUT2D eigenvalue weighted by molar-refractivity contribution is 5.47. The zero-order chi connectivity index (χ0) is 17.5. The van der Waals surface area contributed by atoms with Gasteiger partial charge in [0.1, 0.15) is 0 Å². The molecule has 1 aromatic carbocycles. The molecule has 0 atom stereocenters. The van der Waals surface area contributed by atoms with E-state index in [-0.39, 0.29) is 0 Å². The Kier molecular flexibility index (Phi) is 12.7. The van der Waals surface area contributed by atoms with Gasteiger partial charge in [0, 0.05) is 0 Å². The minimum atomic E-state index is 1.05. The molecule has 0 fully saturated rings. The number of rotatable bonds is 2. The molecule has 1 aromatic rings. The predicted molar refractivity (Wildman–Crippen MR) is 107 cm³/mol. The first-order chi connectivity index (χ1) is 11.1. The van der Waals surface area contributed by atoms with Crippen LogP contribution in [0.4, 0.5) is 0 Å². The lowest BCUT2D eigenvalue weighted by Crippen LogP contribution is -1.93. The molecule has 23 heavy (non-hydrogen) atoms. The van der Waals surface area contributed by atoms with Crippen LogP contribution in [-0.2, 0) is 0 Å². The van der Waals surface area contributed by atoms with Crippen LogP contribution < -0.4 is 0 Å². The molecule has 0 aromatic heterocycles. The van der Waals surface area contributed by atoms with Gasteiger partial charge in [0.25, 0.3) is 0 Å². The maximum Gasteiger partial charge on any atom is -0.00922 e. The normalized spacial score (nSPS) is 14.0. The van der Waals surface area contributed by atoms with Gasteiger partial charge in [-0.3, -0.25) is 0 Å². The summed E-state index contributed by atoms with van der Waals surface area (Å²) < 4.78 is 0. The Morgan fingerprint density at radius 2 is 1.52 bits per heavy atom. The van der Waals surface area contributed by atoms with Gasteiger partial charge in [-0.15, -0.1) is 0 Å². The molecular weight excluding hydrogens is 276 g/mol. The number of hydrogen-bond donors (Lipinski definition) is 0. The van der Waals surface area contributed by atoms with Crippen LogP contribution in [0.2, 0.25) is 0 Å². The van der Waals surface area contributed by atoms with Crippen LogP contribution in [0.3, 0.4) is 0 Å². The van der Waals surface area contributed by atoms with Gasteiger partial charge in [-0.1, -0.05) is 87.0 Å². The topological polar surface area (TPSA) is 0 Å². The van der Waals surface area contributed by atoms with Crippen molar-refractivity contribution in [3.8, 4) is 0 Å². The fourth-order valence-electron chi connectivity index (χ4n) is 2.12. The summed E-state index contributed by atoms with van der Waals surface area (Å²) in [7, 11) is 0. The van der Waals surface area contributed by atoms with E-state index in [2.05, 4.69) is 59.4 Å². The summed E-state index contributed by atoms with van der Waals surface area (Å²) in [4.78, 5) is 0. The summed E-state index contributed by atoms with van der Waals surface area (Å²) in [5, 5.41) is 0. The van der Waals surface area contributed by atoms with Gasteiger partial charge in [-0.2, -0.15) is 0 Å². The van der Waals surface area contributed by atoms with Crippen molar-refractivity contribution in [3.63, 3.8) is 0 Å². The molecule has 0 heteroatoms. The van der Waals surface area contributed by atoms with Crippen molar-refractivity contribution < 1.29 is 0 Å². The molecular formula is C23H34. The number of allylic oxidation sites excluding steroid dienone is 7. The lowest BCUT2D eigenvalue weighted by atomic mass is 9.93. The summed E-state index contributed by atoms with van der Waals surface area (Å²) >= 11 is 0. The molecule has 1 aliphatic rings. The first-order valence-corrected chi connectivity index (χ1v) is 8.74. The Balaban J connectivity index is 0.000000442. The molecule has 0 saturated carbocycles. The van der Waals surface area contributed by atoms with E-state index in [4.69, 9.17) is 0 Å². The zero-order valence-electron chi connectivity index (χ0n) is 15.7. The SMILES string of the molecule is C=C(C1=C(C)CCC=CC1)/C(C)=C\C.CCC.c1ccccc1. The third-order valence-corrected chi connectivity index (χ3v) is 3.63. The lowest BCUT2D eigenvalue weighted by molar-refractivity contribution is 0.968. The molecule has 0 amide bonds. The van der Waals surface area contributed by atoms with Gasteiger partial charge >= 0.3 is 0 Å². The van der Waals surface area contributed by atoms with Crippen LogP contribution in [0.5, 0.6) is 0 Å². The second-order valence-corrected chi connectivity index (χ2v) is 5.79. The fraction of sp³-hybridized carbons (Fsp3) is 0.391. The average Bonchev–Trinajstić information content (AvgIpc) is 2.81. The van der Waals surface area contributed by atoms with Crippen LogP contribution in [0.25, 0.3) is 0 Å². The lowest BCUT2D eigenvalue weighted by Gasteiger charge is -2.12. The highest BCUT2D eigenvalue weighted by Gasteiger charge is 2.08. The van der Waals surface area contributed by atoms with Gasteiger partial charge in [0.2, 0.25) is 0 Å². The molecule has 126 valence electrons. The van der Waals surface area contributed by atoms with Crippen molar-refractivity contribution in [3.05, 3.63) is 83.5 Å². The molecule has 0 heterocycles. The zero-order valence-corrected chi connectivity index (χ0v) is 15.7. The van der Waals surface area contributed by atoms with Crippen LogP contribution in [0.15, 0.2) is 83.5 Å². The molecule has 0 nitrogen and oxygen atoms in total. The van der Waals surface area contributed by atoms with Gasteiger partial charge < -0.3 is 0 Å². The Hall–Kier alpha value is -1.82. The molecule has 0 N–H and O–H groups in total. The van der Waals surface area contributed by atoms with Crippen LogP contribution in [-0.4, -0.2) is 0 Å². The Morgan fingerprint density at radius 1 is 1.04 bits per heavy atom. The molecule has 0 radical (unpaired) electrons. The van der Waals surface area contributed by atoms with Crippen LogP contribution in [0.1, 0.15) is 60.3 Å². The monoisotopic (exact) mass is 310 g/mol. The molecule has 0 saturated heterocycles. The van der Waals surface area contributed by atoms with E-state index in [1.165, 1.54) is 41.6 Å². The van der Waals surface area contributed by atoms with Crippen molar-refractivity contribution in [1.82, 2.24) is 0 Å². The smallest absolute Gasteiger partial charge is 0.00922 e. The van der Waals surface area contributed by atoms with Crippen molar-refractivity contribution in [1.29, 1.82) is 0 Å². The molecule has 0 spiro atoms. The molecule has 1 aliphatic carbocycles. The first-order valence-electron chi connectivity index (χ1n) is 8.74. The maximum absolute atomic E-state index is 4.18. The summed E-state index contributed by atoms with van der Waals surface area (Å²) in [6, 6.07) is 12.0. The third kappa shape index (κ3) is 9.73. The summed E-state index contributed by atoms with van der Waals surface area (Å²) in [6.45, 7) is 14.9. The molecule has 2 rings (SSSR count). The fourth-order valence-corrected chi connectivity index (χ4v) is 2.12. The average molecular weight is 311 g/mol. The maximum atomic E-state index is 4.18. The van der Waals surface area contributed by atoms with E-state index < -0.39 is 0 Å². The van der Waals surface area contributed by atoms with Crippen molar-refractivity contribution in [2.75, 3.05) is 0 Å². The minimum absolute atomic E-state index is 1.05. The van der Waals surface area contributed by atoms with E-state index in [1.807, 2.05) is 36.4 Å². The summed E-state index contributed by atoms with van der Waals surface area (Å²) in [5.74, 6) is 0. The Bertz CT molecular complexity index is 486. The highest BCUT2D eigenvalue weighted by atomic mass is 14.1. The molecule has 0 aliphatic heterocycles. The van der Waals surface area contributed by atoms with E-state index in [0.29, 0.717) is 0 Å². The van der Waals surface area contributed by atoms with E-state index in [9.17, 15) is 0 Å². The van der Waals surface area contributed by atoms with Crippen LogP contribution >= 0.6 is 0 Å². The van der Waals surface area contributed by atoms with Gasteiger partial charge in [-0.25, -0.2) is 0 Å². The van der Waals surface area contributed by atoms with Crippen LogP contribution in [0, 0.1) is 0 Å². The van der Waals surface area contributed by atoms with Crippen molar-refractivity contribution in [2.45, 2.75) is 60.3 Å². The highest BCUT2D eigenvalue weighted by Crippen LogP contribution is 2.28. The Morgan fingerprint density at radius 3 is 1.96 bits per heavy atom. The summed E-state index contributed by atoms with van der Waals surface area (Å²) in [5.41, 5.74) is 5.46. The standard InChI is InChI=1S/C14H20.C6H6.C3H8/c1-5-11(2)13(4)14-10-8-6-7-9-12(14)3;1-2-4-6-5-3-1;1-3-2/h5-6,8H,4,7,9-10H2,1-3H3;1-6H;3H2,1-2H3/b11-5-;;. The van der Waals surface area contributed by atoms with E-state index in [0.717, 1.165) is 6.42 Å². The van der Waals surface area contributed by atoms with Crippen molar-refractivity contribution >= 4 is 0 Å².